The zero-order valence-corrected chi connectivity index (χ0v) is 15.1. The van der Waals surface area contributed by atoms with Gasteiger partial charge in [-0.3, -0.25) is 0 Å². The van der Waals surface area contributed by atoms with Crippen LogP contribution in [0.15, 0.2) is 91.0 Å². The highest BCUT2D eigenvalue weighted by atomic mass is 19.3. The molecular weight excluding hydrogens is 346 g/mol. The van der Waals surface area contributed by atoms with E-state index in [4.69, 9.17) is 4.74 Å². The molecule has 0 amide bonds. The summed E-state index contributed by atoms with van der Waals surface area (Å²) in [7, 11) is 1.26. The van der Waals surface area contributed by atoms with Crippen molar-refractivity contribution >= 4 is 0 Å². The first kappa shape index (κ1) is 19.2. The number of alkyl halides is 2. The Morgan fingerprint density at radius 2 is 1.00 bits per heavy atom. The smallest absolute Gasteiger partial charge is 0.293 e. The normalized spacial score (nSPS) is 12.1. The van der Waals surface area contributed by atoms with E-state index in [1.807, 2.05) is 91.0 Å². The lowest BCUT2D eigenvalue weighted by molar-refractivity contribution is -0.143. The van der Waals surface area contributed by atoms with Crippen molar-refractivity contribution in [2.24, 2.45) is 0 Å². The minimum absolute atomic E-state index is 0.693. The number of halogens is 2. The zero-order valence-electron chi connectivity index (χ0n) is 15.1. The third-order valence-electron chi connectivity index (χ3n) is 4.40. The minimum Gasteiger partial charge on any atom is -0.378 e. The average molecular weight is 368 g/mol. The number of benzene rings is 3. The Kier molecular flexibility index (Phi) is 5.99. The van der Waals surface area contributed by atoms with E-state index >= 15 is 0 Å². The SMILES string of the molecule is COCC(F)(F)COC(c1ccccc1)(c1ccccc1)c1ccccc1. The molecule has 3 rings (SSSR count). The average Bonchev–Trinajstić information content (AvgIpc) is 2.71. The number of ether oxygens (including phenoxy) is 2. The van der Waals surface area contributed by atoms with Crippen molar-refractivity contribution < 1.29 is 18.3 Å². The fourth-order valence-corrected chi connectivity index (χ4v) is 3.24. The number of hydrogen-bond acceptors (Lipinski definition) is 2. The molecule has 27 heavy (non-hydrogen) atoms. The molecule has 0 N–H and O–H groups in total. The van der Waals surface area contributed by atoms with Crippen LogP contribution in [0.3, 0.4) is 0 Å². The Labute approximate surface area is 158 Å². The molecule has 2 nitrogen and oxygen atoms in total. The van der Waals surface area contributed by atoms with Gasteiger partial charge in [0.25, 0.3) is 5.92 Å². The van der Waals surface area contributed by atoms with E-state index in [0.29, 0.717) is 0 Å². The summed E-state index contributed by atoms with van der Waals surface area (Å²) >= 11 is 0. The van der Waals surface area contributed by atoms with E-state index in [1.54, 1.807) is 0 Å². The molecule has 0 aromatic heterocycles. The number of methoxy groups -OCH3 is 1. The van der Waals surface area contributed by atoms with Gasteiger partial charge in [-0.15, -0.1) is 0 Å². The van der Waals surface area contributed by atoms with E-state index in [2.05, 4.69) is 4.74 Å². The van der Waals surface area contributed by atoms with Crippen LogP contribution in [-0.2, 0) is 15.1 Å². The number of hydrogen-bond donors (Lipinski definition) is 0. The summed E-state index contributed by atoms with van der Waals surface area (Å²) in [6.45, 7) is -1.46. The molecule has 0 bridgehead atoms. The largest absolute Gasteiger partial charge is 0.378 e. The first-order valence-corrected chi connectivity index (χ1v) is 8.76. The van der Waals surface area contributed by atoms with Crippen molar-refractivity contribution in [1.29, 1.82) is 0 Å². The van der Waals surface area contributed by atoms with Crippen molar-refractivity contribution in [3.05, 3.63) is 108 Å². The van der Waals surface area contributed by atoms with E-state index in [-0.39, 0.29) is 0 Å². The predicted octanol–water partition coefficient (Wildman–Crippen LogP) is 5.28. The van der Waals surface area contributed by atoms with Crippen LogP contribution in [0.5, 0.6) is 0 Å². The lowest BCUT2D eigenvalue weighted by Gasteiger charge is -2.37. The summed E-state index contributed by atoms with van der Waals surface area (Å²) in [5, 5.41) is 0. The van der Waals surface area contributed by atoms with Crippen LogP contribution < -0.4 is 0 Å². The molecule has 0 aliphatic rings. The summed E-state index contributed by atoms with van der Waals surface area (Å²) in [6.07, 6.45) is 0. The van der Waals surface area contributed by atoms with Gasteiger partial charge >= 0.3 is 0 Å². The van der Waals surface area contributed by atoms with Crippen LogP contribution in [-0.4, -0.2) is 26.2 Å². The van der Waals surface area contributed by atoms with E-state index in [9.17, 15) is 8.78 Å². The van der Waals surface area contributed by atoms with Gasteiger partial charge in [0, 0.05) is 7.11 Å². The van der Waals surface area contributed by atoms with Crippen molar-refractivity contribution in [1.82, 2.24) is 0 Å². The maximum atomic E-state index is 14.3. The van der Waals surface area contributed by atoms with Crippen LogP contribution >= 0.6 is 0 Å². The molecule has 0 heterocycles. The third-order valence-corrected chi connectivity index (χ3v) is 4.40. The Balaban J connectivity index is 2.17. The Morgan fingerprint density at radius 3 is 1.33 bits per heavy atom. The molecule has 0 atom stereocenters. The maximum absolute atomic E-state index is 14.3. The second-order valence-corrected chi connectivity index (χ2v) is 6.36. The van der Waals surface area contributed by atoms with Crippen LogP contribution in [0.4, 0.5) is 8.78 Å². The molecule has 3 aromatic carbocycles. The van der Waals surface area contributed by atoms with Crippen LogP contribution in [0.2, 0.25) is 0 Å². The summed E-state index contributed by atoms with van der Waals surface area (Å²) < 4.78 is 39.2. The van der Waals surface area contributed by atoms with E-state index in [1.165, 1.54) is 7.11 Å². The second kappa shape index (κ2) is 8.42. The van der Waals surface area contributed by atoms with Crippen molar-refractivity contribution in [2.75, 3.05) is 20.3 Å². The summed E-state index contributed by atoms with van der Waals surface area (Å²) in [5.41, 5.74) is 1.21. The fourth-order valence-electron chi connectivity index (χ4n) is 3.24. The Bertz CT molecular complexity index is 724. The molecular formula is C23H22F2O2. The zero-order chi connectivity index (χ0) is 19.2. The fraction of sp³-hybridized carbons (Fsp3) is 0.217. The highest BCUT2D eigenvalue weighted by molar-refractivity contribution is 5.47. The van der Waals surface area contributed by atoms with Crippen LogP contribution in [0.1, 0.15) is 16.7 Å². The number of rotatable bonds is 8. The molecule has 0 unspecified atom stereocenters. The molecule has 0 saturated heterocycles. The van der Waals surface area contributed by atoms with Gasteiger partial charge in [-0.25, -0.2) is 8.78 Å². The van der Waals surface area contributed by atoms with Crippen molar-refractivity contribution in [2.45, 2.75) is 11.5 Å². The third kappa shape index (κ3) is 4.24. The van der Waals surface area contributed by atoms with Gasteiger partial charge in [0.05, 0.1) is 0 Å². The van der Waals surface area contributed by atoms with Gasteiger partial charge in [0.1, 0.15) is 18.8 Å². The summed E-state index contributed by atoms with van der Waals surface area (Å²) in [4.78, 5) is 0. The van der Waals surface area contributed by atoms with Crippen molar-refractivity contribution in [3.63, 3.8) is 0 Å². The lowest BCUT2D eigenvalue weighted by atomic mass is 9.80. The van der Waals surface area contributed by atoms with Gasteiger partial charge in [0.2, 0.25) is 0 Å². The Hall–Kier alpha value is -2.56. The van der Waals surface area contributed by atoms with Crippen LogP contribution in [0.25, 0.3) is 0 Å². The molecule has 0 aliphatic heterocycles. The van der Waals surface area contributed by atoms with Crippen LogP contribution in [0, 0.1) is 0 Å². The minimum atomic E-state index is -3.10. The molecule has 4 heteroatoms. The maximum Gasteiger partial charge on any atom is 0.293 e. The van der Waals surface area contributed by atoms with Gasteiger partial charge in [0.15, 0.2) is 0 Å². The van der Waals surface area contributed by atoms with Gasteiger partial charge in [-0.2, -0.15) is 0 Å². The first-order valence-electron chi connectivity index (χ1n) is 8.76. The highest BCUT2D eigenvalue weighted by Crippen LogP contribution is 2.41. The van der Waals surface area contributed by atoms with Gasteiger partial charge in [-0.05, 0) is 16.7 Å². The quantitative estimate of drug-likeness (QED) is 0.504. The first-order chi connectivity index (χ1) is 13.1. The molecule has 3 aromatic rings. The molecule has 0 fully saturated rings. The van der Waals surface area contributed by atoms with E-state index < -0.39 is 24.7 Å². The lowest BCUT2D eigenvalue weighted by Crippen LogP contribution is -2.39. The molecule has 0 spiro atoms. The standard InChI is InChI=1S/C23H22F2O2/c1-26-17-22(24,25)18-27-23(19-11-5-2-6-12-19,20-13-7-3-8-14-20)21-15-9-4-10-16-21/h2-16H,17-18H2,1H3. The topological polar surface area (TPSA) is 18.5 Å². The van der Waals surface area contributed by atoms with Gasteiger partial charge in [-0.1, -0.05) is 91.0 Å². The Morgan fingerprint density at radius 1 is 0.630 bits per heavy atom. The molecule has 0 saturated carbocycles. The summed E-state index contributed by atoms with van der Waals surface area (Å²) in [5.74, 6) is -3.10. The summed E-state index contributed by atoms with van der Waals surface area (Å²) in [6, 6.07) is 28.4. The monoisotopic (exact) mass is 368 g/mol. The molecule has 140 valence electrons. The molecule has 0 aliphatic carbocycles. The highest BCUT2D eigenvalue weighted by Gasteiger charge is 2.41. The predicted molar refractivity (Wildman–Crippen MR) is 102 cm³/mol. The van der Waals surface area contributed by atoms with Crippen molar-refractivity contribution in [3.8, 4) is 0 Å². The second-order valence-electron chi connectivity index (χ2n) is 6.36. The van der Waals surface area contributed by atoms with E-state index in [0.717, 1.165) is 16.7 Å². The molecule has 0 radical (unpaired) electrons. The van der Waals surface area contributed by atoms with Gasteiger partial charge < -0.3 is 9.47 Å².